The van der Waals surface area contributed by atoms with Crippen molar-refractivity contribution in [2.24, 2.45) is 0 Å². The van der Waals surface area contributed by atoms with Crippen molar-refractivity contribution in [3.8, 4) is 0 Å². The van der Waals surface area contributed by atoms with E-state index in [0.717, 1.165) is 0 Å². The molecular formula is C7H10Cl2NO2. The maximum atomic E-state index is 11.3. The highest BCUT2D eigenvalue weighted by Gasteiger charge is 2.38. The maximum absolute atomic E-state index is 11.3. The molecule has 12 heavy (non-hydrogen) atoms. The lowest BCUT2D eigenvalue weighted by Gasteiger charge is -2.29. The first-order valence-corrected chi connectivity index (χ1v) is 4.41. The number of rotatable bonds is 1. The topological polar surface area (TPSA) is 29.5 Å². The Morgan fingerprint density at radius 1 is 1.67 bits per heavy atom. The molecule has 5 heteroatoms. The highest BCUT2D eigenvalue weighted by molar-refractivity contribution is 6.53. The minimum atomic E-state index is -1.01. The molecule has 0 saturated carbocycles. The van der Waals surface area contributed by atoms with Crippen LogP contribution in [0.5, 0.6) is 0 Å². The monoisotopic (exact) mass is 210 g/mol. The fraction of sp³-hybridized carbons (Fsp3) is 0.714. The van der Waals surface area contributed by atoms with Gasteiger partial charge in [-0.15, -0.1) is 0 Å². The second-order valence-corrected chi connectivity index (χ2v) is 4.08. The Morgan fingerprint density at radius 3 is 2.58 bits per heavy atom. The van der Waals surface area contributed by atoms with Crippen molar-refractivity contribution in [1.29, 1.82) is 0 Å². The fourth-order valence-corrected chi connectivity index (χ4v) is 1.31. The first-order valence-electron chi connectivity index (χ1n) is 3.54. The molecule has 0 aromatic rings. The largest absolute Gasteiger partial charge is 0.348 e. The summed E-state index contributed by atoms with van der Waals surface area (Å²) in [6, 6.07) is 0. The van der Waals surface area contributed by atoms with Gasteiger partial charge in [0.1, 0.15) is 12.3 Å². The zero-order chi connectivity index (χ0) is 9.35. The number of carbonyl (C=O) groups excluding carboxylic acids is 1. The molecule has 0 atom stereocenters. The normalized spacial score (nSPS) is 21.9. The van der Waals surface area contributed by atoms with Crippen LogP contribution in [0.3, 0.4) is 0 Å². The molecule has 1 amide bonds. The molecule has 1 fully saturated rings. The van der Waals surface area contributed by atoms with E-state index in [9.17, 15) is 4.79 Å². The molecule has 3 nitrogen and oxygen atoms in total. The summed E-state index contributed by atoms with van der Waals surface area (Å²) in [6.07, 6.45) is 0. The molecule has 69 valence electrons. The third-order valence-electron chi connectivity index (χ3n) is 1.73. The molecule has 0 unspecified atom stereocenters. The van der Waals surface area contributed by atoms with E-state index in [1.807, 2.05) is 0 Å². The van der Waals surface area contributed by atoms with Crippen molar-refractivity contribution in [3.05, 3.63) is 6.61 Å². The van der Waals surface area contributed by atoms with E-state index < -0.39 is 10.6 Å². The van der Waals surface area contributed by atoms with Gasteiger partial charge in [-0.05, 0) is 13.8 Å². The number of amides is 1. The second kappa shape index (κ2) is 3.40. The molecule has 1 aliphatic rings. The van der Waals surface area contributed by atoms with E-state index >= 15 is 0 Å². The predicted molar refractivity (Wildman–Crippen MR) is 46.7 cm³/mol. The van der Waals surface area contributed by atoms with Gasteiger partial charge >= 0.3 is 0 Å². The Balaban J connectivity index is 2.69. The minimum absolute atomic E-state index is 0.322. The average molecular weight is 211 g/mol. The van der Waals surface area contributed by atoms with Gasteiger partial charge in [0.15, 0.2) is 4.84 Å². The molecule has 0 aliphatic carbocycles. The molecular weight excluding hydrogens is 201 g/mol. The van der Waals surface area contributed by atoms with E-state index in [4.69, 9.17) is 27.9 Å². The second-order valence-electron chi connectivity index (χ2n) is 2.98. The van der Waals surface area contributed by atoms with Crippen LogP contribution in [0.25, 0.3) is 0 Å². The summed E-state index contributed by atoms with van der Waals surface area (Å²) in [5, 5.41) is 0. The number of hydrogen-bond acceptors (Lipinski definition) is 2. The summed E-state index contributed by atoms with van der Waals surface area (Å²) in [7, 11) is 0. The van der Waals surface area contributed by atoms with Gasteiger partial charge < -0.3 is 9.64 Å². The van der Waals surface area contributed by atoms with Crippen molar-refractivity contribution in [3.63, 3.8) is 0 Å². The van der Waals surface area contributed by atoms with Crippen molar-refractivity contribution in [2.75, 3.05) is 6.54 Å². The zero-order valence-corrected chi connectivity index (χ0v) is 8.39. The first kappa shape index (κ1) is 10.1. The molecule has 0 N–H and O–H groups in total. The summed E-state index contributed by atoms with van der Waals surface area (Å²) >= 11 is 10.9. The first-order chi connectivity index (χ1) is 5.45. The third kappa shape index (κ3) is 1.84. The van der Waals surface area contributed by atoms with Crippen LogP contribution in [0.2, 0.25) is 0 Å². The molecule has 1 aliphatic heterocycles. The molecule has 0 aromatic heterocycles. The Kier molecular flexibility index (Phi) is 2.86. The van der Waals surface area contributed by atoms with E-state index in [-0.39, 0.29) is 5.91 Å². The molecule has 1 rings (SSSR count). The zero-order valence-electron chi connectivity index (χ0n) is 6.88. The van der Waals surface area contributed by atoms with Crippen LogP contribution >= 0.6 is 23.2 Å². The summed E-state index contributed by atoms with van der Waals surface area (Å²) in [4.78, 5) is 11.8. The van der Waals surface area contributed by atoms with Crippen molar-refractivity contribution in [1.82, 2.24) is 4.90 Å². The predicted octanol–water partition coefficient (Wildman–Crippen LogP) is 1.55. The lowest BCUT2D eigenvalue weighted by Crippen LogP contribution is -2.45. The molecule has 0 bridgehead atoms. The van der Waals surface area contributed by atoms with E-state index in [2.05, 4.69) is 0 Å². The lowest BCUT2D eigenvalue weighted by atomic mass is 10.3. The molecule has 0 aromatic carbocycles. The Morgan fingerprint density at radius 2 is 2.25 bits per heavy atom. The van der Waals surface area contributed by atoms with Crippen molar-refractivity contribution < 1.29 is 9.53 Å². The average Bonchev–Trinajstić information content (AvgIpc) is 2.27. The van der Waals surface area contributed by atoms with Crippen LogP contribution in [0.4, 0.5) is 0 Å². The van der Waals surface area contributed by atoms with Crippen molar-refractivity contribution in [2.45, 2.75) is 24.4 Å². The van der Waals surface area contributed by atoms with Crippen LogP contribution < -0.4 is 0 Å². The molecule has 1 radical (unpaired) electrons. The van der Waals surface area contributed by atoms with Crippen LogP contribution in [0.1, 0.15) is 13.8 Å². The molecule has 1 saturated heterocycles. The van der Waals surface area contributed by atoms with Crippen LogP contribution in [-0.2, 0) is 9.53 Å². The minimum Gasteiger partial charge on any atom is -0.348 e. The smallest absolute Gasteiger partial charge is 0.258 e. The fourth-order valence-electron chi connectivity index (χ4n) is 1.07. The van der Waals surface area contributed by atoms with Gasteiger partial charge in [0.25, 0.3) is 5.91 Å². The number of nitrogens with zero attached hydrogens (tertiary/aromatic N) is 1. The number of hydrogen-bond donors (Lipinski definition) is 0. The van der Waals surface area contributed by atoms with Crippen LogP contribution in [0, 0.1) is 6.61 Å². The van der Waals surface area contributed by atoms with E-state index in [1.54, 1.807) is 20.5 Å². The number of carbonyl (C=O) groups is 1. The van der Waals surface area contributed by atoms with Gasteiger partial charge in [-0.25, -0.2) is 0 Å². The van der Waals surface area contributed by atoms with Gasteiger partial charge in [-0.2, -0.15) is 0 Å². The number of ether oxygens (including phenoxy) is 1. The number of alkyl halides is 2. The van der Waals surface area contributed by atoms with Gasteiger partial charge in [-0.1, -0.05) is 23.2 Å². The van der Waals surface area contributed by atoms with Gasteiger partial charge in [0, 0.05) is 0 Å². The summed E-state index contributed by atoms with van der Waals surface area (Å²) < 4.78 is 5.19. The van der Waals surface area contributed by atoms with E-state index in [1.165, 1.54) is 4.90 Å². The number of halogens is 2. The quantitative estimate of drug-likeness (QED) is 0.615. The SMILES string of the molecule is CC1(C)O[CH]CN1C(=O)C(Cl)Cl. The summed E-state index contributed by atoms with van der Waals surface area (Å²) in [5.74, 6) is -0.322. The Hall–Kier alpha value is 0.01000. The van der Waals surface area contributed by atoms with Gasteiger partial charge in [0.05, 0.1) is 6.54 Å². The third-order valence-corrected chi connectivity index (χ3v) is 2.10. The van der Waals surface area contributed by atoms with Crippen LogP contribution in [-0.4, -0.2) is 27.9 Å². The highest BCUT2D eigenvalue weighted by atomic mass is 35.5. The van der Waals surface area contributed by atoms with Gasteiger partial charge in [0.2, 0.25) is 0 Å². The highest BCUT2D eigenvalue weighted by Crippen LogP contribution is 2.26. The lowest BCUT2D eigenvalue weighted by molar-refractivity contribution is -0.141. The van der Waals surface area contributed by atoms with Gasteiger partial charge in [-0.3, -0.25) is 4.79 Å². The Bertz CT molecular complexity index is 194. The molecule has 1 heterocycles. The van der Waals surface area contributed by atoms with Crippen molar-refractivity contribution >= 4 is 29.1 Å². The summed E-state index contributed by atoms with van der Waals surface area (Å²) in [5.41, 5.74) is -0.626. The standard InChI is InChI=1S/C7H10Cl2NO2/c1-7(2)10(3-4-12-7)6(11)5(8)9/h4-5H,3H2,1-2H3. The Labute approximate surface area is 81.6 Å². The molecule has 0 spiro atoms. The maximum Gasteiger partial charge on any atom is 0.258 e. The summed E-state index contributed by atoms with van der Waals surface area (Å²) in [6.45, 7) is 5.56. The van der Waals surface area contributed by atoms with E-state index in [0.29, 0.717) is 6.54 Å². The van der Waals surface area contributed by atoms with Crippen LogP contribution in [0.15, 0.2) is 0 Å².